The Bertz CT molecular complexity index is 797. The zero-order valence-corrected chi connectivity index (χ0v) is 15.9. The van der Waals surface area contributed by atoms with Crippen LogP contribution in [0.4, 0.5) is 5.69 Å². The normalized spacial score (nSPS) is 10.5. The second kappa shape index (κ2) is 7.70. The average molecular weight is 360 g/mol. The molecule has 1 amide bonds. The van der Waals surface area contributed by atoms with Crippen LogP contribution in [-0.4, -0.2) is 18.5 Å². The number of amides is 1. The lowest BCUT2D eigenvalue weighted by Gasteiger charge is -2.13. The molecule has 0 atom stereocenters. The summed E-state index contributed by atoms with van der Waals surface area (Å²) in [6.07, 6.45) is 0. The summed E-state index contributed by atoms with van der Waals surface area (Å²) in [5, 5.41) is 3.16. The SMILES string of the molecule is Cc1cc(C)c(C(=O)OCC(=O)Nc2c(C)cc(C)cc2Cl)c(C)c1. The smallest absolute Gasteiger partial charge is 0.339 e. The first-order valence-corrected chi connectivity index (χ1v) is 8.38. The van der Waals surface area contributed by atoms with Crippen LogP contribution in [0.3, 0.4) is 0 Å². The van der Waals surface area contributed by atoms with Crippen molar-refractivity contribution < 1.29 is 14.3 Å². The van der Waals surface area contributed by atoms with Crippen molar-refractivity contribution in [2.75, 3.05) is 11.9 Å². The van der Waals surface area contributed by atoms with Gasteiger partial charge in [0.25, 0.3) is 5.91 Å². The molecule has 0 aliphatic rings. The van der Waals surface area contributed by atoms with E-state index in [9.17, 15) is 9.59 Å². The maximum absolute atomic E-state index is 12.3. The van der Waals surface area contributed by atoms with Crippen LogP contribution in [0.15, 0.2) is 24.3 Å². The first-order valence-electron chi connectivity index (χ1n) is 8.00. The number of nitrogens with one attached hydrogen (secondary N) is 1. The largest absolute Gasteiger partial charge is 0.452 e. The third kappa shape index (κ3) is 4.60. The van der Waals surface area contributed by atoms with Crippen molar-refractivity contribution >= 4 is 29.2 Å². The molecule has 0 aliphatic carbocycles. The lowest BCUT2D eigenvalue weighted by Crippen LogP contribution is -2.22. The van der Waals surface area contributed by atoms with Crippen molar-refractivity contribution in [3.8, 4) is 0 Å². The van der Waals surface area contributed by atoms with Crippen molar-refractivity contribution in [2.24, 2.45) is 0 Å². The monoisotopic (exact) mass is 359 g/mol. The Morgan fingerprint density at radius 2 is 1.44 bits per heavy atom. The summed E-state index contributed by atoms with van der Waals surface area (Å²) in [6, 6.07) is 7.53. The van der Waals surface area contributed by atoms with Gasteiger partial charge in [-0.15, -0.1) is 0 Å². The lowest BCUT2D eigenvalue weighted by atomic mass is 10.00. The highest BCUT2D eigenvalue weighted by Gasteiger charge is 2.17. The van der Waals surface area contributed by atoms with Crippen LogP contribution >= 0.6 is 11.6 Å². The molecule has 0 saturated heterocycles. The zero-order chi connectivity index (χ0) is 18.7. The van der Waals surface area contributed by atoms with E-state index < -0.39 is 11.9 Å². The van der Waals surface area contributed by atoms with E-state index in [-0.39, 0.29) is 6.61 Å². The molecule has 0 spiro atoms. The first kappa shape index (κ1) is 19.0. The molecule has 0 fully saturated rings. The van der Waals surface area contributed by atoms with Gasteiger partial charge in [-0.25, -0.2) is 4.79 Å². The number of carbonyl (C=O) groups excluding carboxylic acids is 2. The summed E-state index contributed by atoms with van der Waals surface area (Å²) in [7, 11) is 0. The maximum Gasteiger partial charge on any atom is 0.339 e. The van der Waals surface area contributed by atoms with E-state index in [1.165, 1.54) is 0 Å². The van der Waals surface area contributed by atoms with Crippen LogP contribution in [0.1, 0.15) is 38.2 Å². The van der Waals surface area contributed by atoms with E-state index in [1.807, 2.05) is 52.8 Å². The fourth-order valence-electron chi connectivity index (χ4n) is 2.95. The van der Waals surface area contributed by atoms with Gasteiger partial charge in [-0.05, 0) is 62.9 Å². The van der Waals surface area contributed by atoms with Crippen molar-refractivity contribution in [3.63, 3.8) is 0 Å². The predicted molar refractivity (Wildman–Crippen MR) is 100 cm³/mol. The molecule has 2 aromatic rings. The quantitative estimate of drug-likeness (QED) is 0.806. The molecule has 2 rings (SSSR count). The average Bonchev–Trinajstić information content (AvgIpc) is 2.47. The second-order valence-corrected chi connectivity index (χ2v) is 6.74. The number of ether oxygens (including phenoxy) is 1. The second-order valence-electron chi connectivity index (χ2n) is 6.34. The van der Waals surface area contributed by atoms with E-state index in [2.05, 4.69) is 5.32 Å². The van der Waals surface area contributed by atoms with Crippen molar-refractivity contribution in [1.29, 1.82) is 0 Å². The minimum atomic E-state index is -0.503. The van der Waals surface area contributed by atoms with Crippen LogP contribution in [0.5, 0.6) is 0 Å². The number of hydrogen-bond acceptors (Lipinski definition) is 3. The lowest BCUT2D eigenvalue weighted by molar-refractivity contribution is -0.119. The third-order valence-corrected chi connectivity index (χ3v) is 4.21. The molecular weight excluding hydrogens is 338 g/mol. The predicted octanol–water partition coefficient (Wildman–Crippen LogP) is 4.68. The Hall–Kier alpha value is -2.33. The van der Waals surface area contributed by atoms with E-state index in [1.54, 1.807) is 6.07 Å². The molecular formula is C20H22ClNO3. The molecule has 4 nitrogen and oxygen atoms in total. The third-order valence-electron chi connectivity index (χ3n) is 3.91. The molecule has 0 aliphatic heterocycles. The molecule has 0 saturated carbocycles. The fraction of sp³-hybridized carbons (Fsp3) is 0.300. The first-order chi connectivity index (χ1) is 11.7. The molecule has 2 aromatic carbocycles. The van der Waals surface area contributed by atoms with Crippen LogP contribution in [0, 0.1) is 34.6 Å². The van der Waals surface area contributed by atoms with Gasteiger partial charge in [0.2, 0.25) is 0 Å². The maximum atomic E-state index is 12.3. The molecule has 1 N–H and O–H groups in total. The molecule has 5 heteroatoms. The van der Waals surface area contributed by atoms with E-state index >= 15 is 0 Å². The Morgan fingerprint density at radius 1 is 0.920 bits per heavy atom. The van der Waals surface area contributed by atoms with Gasteiger partial charge in [0, 0.05) is 0 Å². The standard InChI is InChI=1S/C20H22ClNO3/c1-11-6-13(3)18(14(4)7-11)20(24)25-10-17(23)22-19-15(5)8-12(2)9-16(19)21/h6-9H,10H2,1-5H3,(H,22,23). The Kier molecular flexibility index (Phi) is 5.85. The van der Waals surface area contributed by atoms with Crippen molar-refractivity contribution in [1.82, 2.24) is 0 Å². The van der Waals surface area contributed by atoms with Gasteiger partial charge in [0.1, 0.15) is 0 Å². The minimum absolute atomic E-state index is 0.366. The van der Waals surface area contributed by atoms with Gasteiger partial charge in [0.15, 0.2) is 6.61 Å². The summed E-state index contributed by atoms with van der Waals surface area (Å²) >= 11 is 6.17. The summed E-state index contributed by atoms with van der Waals surface area (Å²) in [4.78, 5) is 24.4. The Labute approximate surface area is 153 Å². The molecule has 0 heterocycles. The van der Waals surface area contributed by atoms with Crippen LogP contribution in [0.25, 0.3) is 0 Å². The number of halogens is 1. The summed E-state index contributed by atoms with van der Waals surface area (Å²) in [5.74, 6) is -0.929. The van der Waals surface area contributed by atoms with Gasteiger partial charge in [-0.3, -0.25) is 4.79 Å². The van der Waals surface area contributed by atoms with Gasteiger partial charge in [-0.1, -0.05) is 35.4 Å². The molecule has 0 unspecified atom stereocenters. The number of carbonyl (C=O) groups is 2. The highest BCUT2D eigenvalue weighted by molar-refractivity contribution is 6.34. The molecule has 25 heavy (non-hydrogen) atoms. The van der Waals surface area contributed by atoms with Crippen LogP contribution in [-0.2, 0) is 9.53 Å². The fourth-order valence-corrected chi connectivity index (χ4v) is 3.32. The topological polar surface area (TPSA) is 55.4 Å². The number of aryl methyl sites for hydroxylation is 5. The number of benzene rings is 2. The number of rotatable bonds is 4. The van der Waals surface area contributed by atoms with Gasteiger partial charge in [0.05, 0.1) is 16.3 Å². The molecule has 0 radical (unpaired) electrons. The van der Waals surface area contributed by atoms with Crippen LogP contribution in [0.2, 0.25) is 5.02 Å². The molecule has 0 aromatic heterocycles. The summed E-state index contributed by atoms with van der Waals surface area (Å²) in [5.41, 5.74) is 5.65. The highest BCUT2D eigenvalue weighted by Crippen LogP contribution is 2.27. The molecule has 0 bridgehead atoms. The highest BCUT2D eigenvalue weighted by atomic mass is 35.5. The Balaban J connectivity index is 2.05. The van der Waals surface area contributed by atoms with Crippen molar-refractivity contribution in [2.45, 2.75) is 34.6 Å². The minimum Gasteiger partial charge on any atom is -0.452 e. The Morgan fingerprint density at radius 3 is 2.00 bits per heavy atom. The molecule has 132 valence electrons. The van der Waals surface area contributed by atoms with E-state index in [0.717, 1.165) is 27.8 Å². The zero-order valence-electron chi connectivity index (χ0n) is 15.1. The number of hydrogen-bond donors (Lipinski definition) is 1. The van der Waals surface area contributed by atoms with Crippen LogP contribution < -0.4 is 5.32 Å². The van der Waals surface area contributed by atoms with Gasteiger partial charge < -0.3 is 10.1 Å². The van der Waals surface area contributed by atoms with E-state index in [4.69, 9.17) is 16.3 Å². The number of esters is 1. The number of anilines is 1. The summed E-state index contributed by atoms with van der Waals surface area (Å²) < 4.78 is 5.17. The summed E-state index contributed by atoms with van der Waals surface area (Å²) in [6.45, 7) is 9.10. The van der Waals surface area contributed by atoms with Gasteiger partial charge in [-0.2, -0.15) is 0 Å². The van der Waals surface area contributed by atoms with Crippen molar-refractivity contribution in [3.05, 3.63) is 62.7 Å². The van der Waals surface area contributed by atoms with Gasteiger partial charge >= 0.3 is 5.97 Å². The van der Waals surface area contributed by atoms with E-state index in [0.29, 0.717) is 16.3 Å².